The van der Waals surface area contributed by atoms with Gasteiger partial charge in [-0.1, -0.05) is 0 Å². The van der Waals surface area contributed by atoms with E-state index in [2.05, 4.69) is 4.72 Å². The molecule has 1 heterocycles. The number of nitrogens with one attached hydrogen (secondary N) is 1. The van der Waals surface area contributed by atoms with Crippen molar-refractivity contribution in [2.75, 3.05) is 13.2 Å². The largest absolute Gasteiger partial charge is 0.481 e. The van der Waals surface area contributed by atoms with Gasteiger partial charge in [0, 0.05) is 0 Å². The molecule has 1 rings (SSSR count). The third-order valence-corrected chi connectivity index (χ3v) is 4.55. The van der Waals surface area contributed by atoms with E-state index in [1.165, 1.54) is 13.8 Å². The highest BCUT2D eigenvalue weighted by molar-refractivity contribution is 7.90. The van der Waals surface area contributed by atoms with Gasteiger partial charge in [-0.2, -0.15) is 5.26 Å². The summed E-state index contributed by atoms with van der Waals surface area (Å²) in [5.41, 5.74) is -1.30. The molecule has 2 N–H and O–H groups in total. The Morgan fingerprint density at radius 1 is 1.71 bits per heavy atom. The molecule has 0 amide bonds. The zero-order chi connectivity index (χ0) is 13.3. The van der Waals surface area contributed by atoms with Crippen LogP contribution in [0, 0.1) is 16.7 Å². The maximum atomic E-state index is 11.6. The molecule has 96 valence electrons. The number of nitrogens with zero attached hydrogens (tertiary/aromatic N) is 1. The van der Waals surface area contributed by atoms with E-state index in [0.29, 0.717) is 0 Å². The molecule has 7 nitrogen and oxygen atoms in total. The van der Waals surface area contributed by atoms with Crippen LogP contribution in [0.25, 0.3) is 0 Å². The van der Waals surface area contributed by atoms with Crippen molar-refractivity contribution in [3.63, 3.8) is 0 Å². The summed E-state index contributed by atoms with van der Waals surface area (Å²) in [5, 5.41) is 16.4. The summed E-state index contributed by atoms with van der Waals surface area (Å²) in [6.45, 7) is 2.57. The second-order valence-electron chi connectivity index (χ2n) is 4.22. The van der Waals surface area contributed by atoms with E-state index in [1.807, 2.05) is 0 Å². The minimum Gasteiger partial charge on any atom is -0.481 e. The van der Waals surface area contributed by atoms with Crippen LogP contribution >= 0.6 is 0 Å². The van der Waals surface area contributed by atoms with Crippen molar-refractivity contribution in [2.45, 2.75) is 25.1 Å². The lowest BCUT2D eigenvalue weighted by Gasteiger charge is -2.25. The first-order valence-electron chi connectivity index (χ1n) is 4.96. The summed E-state index contributed by atoms with van der Waals surface area (Å²) in [5.74, 6) is -1.13. The fourth-order valence-corrected chi connectivity index (χ4v) is 2.49. The highest BCUT2D eigenvalue weighted by Gasteiger charge is 2.48. The minimum atomic E-state index is -3.85. The summed E-state index contributed by atoms with van der Waals surface area (Å²) in [7, 11) is -3.85. The molecule has 1 aliphatic rings. The van der Waals surface area contributed by atoms with Crippen LogP contribution in [0.2, 0.25) is 0 Å². The third kappa shape index (κ3) is 2.57. The average Bonchev–Trinajstić information content (AvgIpc) is 2.60. The van der Waals surface area contributed by atoms with Crippen molar-refractivity contribution in [2.24, 2.45) is 5.41 Å². The van der Waals surface area contributed by atoms with Crippen LogP contribution in [-0.2, 0) is 19.6 Å². The van der Waals surface area contributed by atoms with Crippen LogP contribution in [-0.4, -0.2) is 44.0 Å². The van der Waals surface area contributed by atoms with Crippen LogP contribution in [0.5, 0.6) is 0 Å². The van der Waals surface area contributed by atoms with Crippen LogP contribution in [0.4, 0.5) is 0 Å². The predicted molar refractivity (Wildman–Crippen MR) is 57.5 cm³/mol. The monoisotopic (exact) mass is 262 g/mol. The van der Waals surface area contributed by atoms with E-state index in [4.69, 9.17) is 15.1 Å². The van der Waals surface area contributed by atoms with Gasteiger partial charge in [0.05, 0.1) is 25.3 Å². The third-order valence-electron chi connectivity index (χ3n) is 2.90. The lowest BCUT2D eigenvalue weighted by molar-refractivity contribution is -0.148. The Labute approximate surface area is 99.4 Å². The maximum Gasteiger partial charge on any atom is 0.313 e. The number of carboxylic acid groups (broad SMARTS) is 1. The standard InChI is InChI=1S/C9H14N2O5S/c1-6(3-10)17(14,15)11-7-4-16-5-9(7,2)8(12)13/h6-7,11H,4-5H2,1-2H3,(H,12,13). The summed E-state index contributed by atoms with van der Waals surface area (Å²) >= 11 is 0. The van der Waals surface area contributed by atoms with E-state index in [9.17, 15) is 13.2 Å². The Balaban J connectivity index is 2.90. The SMILES string of the molecule is CC(C#N)S(=O)(=O)NC1COCC1(C)C(=O)O. The molecule has 0 radical (unpaired) electrons. The molecule has 0 spiro atoms. The van der Waals surface area contributed by atoms with Crippen LogP contribution in [0.1, 0.15) is 13.8 Å². The summed E-state index contributed by atoms with van der Waals surface area (Å²) in [6.07, 6.45) is 0. The Kier molecular flexibility index (Phi) is 3.76. The van der Waals surface area contributed by atoms with Crippen molar-refractivity contribution in [1.82, 2.24) is 4.72 Å². The molecule has 3 atom stereocenters. The number of hydrogen-bond acceptors (Lipinski definition) is 5. The Bertz CT molecular complexity index is 454. The number of sulfonamides is 1. The van der Waals surface area contributed by atoms with Crippen LogP contribution in [0.3, 0.4) is 0 Å². The Morgan fingerprint density at radius 2 is 2.29 bits per heavy atom. The van der Waals surface area contributed by atoms with Gasteiger partial charge in [0.25, 0.3) is 0 Å². The number of hydrogen-bond donors (Lipinski definition) is 2. The Morgan fingerprint density at radius 3 is 2.76 bits per heavy atom. The molecule has 17 heavy (non-hydrogen) atoms. The highest BCUT2D eigenvalue weighted by Crippen LogP contribution is 2.29. The molecular formula is C9H14N2O5S. The molecule has 1 fully saturated rings. The van der Waals surface area contributed by atoms with Crippen LogP contribution in [0.15, 0.2) is 0 Å². The molecule has 0 bridgehead atoms. The van der Waals surface area contributed by atoms with E-state index in [1.54, 1.807) is 6.07 Å². The van der Waals surface area contributed by atoms with Crippen LogP contribution < -0.4 is 4.72 Å². The molecule has 0 aromatic heterocycles. The Hall–Kier alpha value is -1.17. The normalized spacial score (nSPS) is 30.8. The second kappa shape index (κ2) is 4.60. The molecule has 1 aliphatic heterocycles. The molecule has 0 aliphatic carbocycles. The van der Waals surface area contributed by atoms with Gasteiger partial charge >= 0.3 is 5.97 Å². The van der Waals surface area contributed by atoms with Gasteiger partial charge in [-0.3, -0.25) is 4.79 Å². The number of rotatable bonds is 4. The topological polar surface area (TPSA) is 116 Å². The zero-order valence-corrected chi connectivity index (χ0v) is 10.3. The van der Waals surface area contributed by atoms with Gasteiger partial charge in [0.15, 0.2) is 5.25 Å². The van der Waals surface area contributed by atoms with E-state index in [-0.39, 0.29) is 13.2 Å². The molecular weight excluding hydrogens is 248 g/mol. The predicted octanol–water partition coefficient (Wildman–Crippen LogP) is -0.692. The van der Waals surface area contributed by atoms with Gasteiger partial charge in [0.1, 0.15) is 5.41 Å². The first-order valence-corrected chi connectivity index (χ1v) is 6.50. The van der Waals surface area contributed by atoms with Crippen molar-refractivity contribution >= 4 is 16.0 Å². The van der Waals surface area contributed by atoms with Gasteiger partial charge in [-0.05, 0) is 13.8 Å². The molecule has 8 heteroatoms. The lowest BCUT2D eigenvalue weighted by atomic mass is 9.86. The smallest absolute Gasteiger partial charge is 0.313 e. The lowest BCUT2D eigenvalue weighted by Crippen LogP contribution is -2.51. The first kappa shape index (κ1) is 13.9. The van der Waals surface area contributed by atoms with Crippen molar-refractivity contribution in [1.29, 1.82) is 5.26 Å². The number of ether oxygens (including phenoxy) is 1. The molecule has 1 saturated heterocycles. The number of nitriles is 1. The summed E-state index contributed by atoms with van der Waals surface area (Å²) < 4.78 is 30.5. The summed E-state index contributed by atoms with van der Waals surface area (Å²) in [4.78, 5) is 11.1. The summed E-state index contributed by atoms with van der Waals surface area (Å²) in [6, 6.07) is 0.737. The van der Waals surface area contributed by atoms with Gasteiger partial charge in [0.2, 0.25) is 10.0 Å². The maximum absolute atomic E-state index is 11.6. The number of aliphatic carboxylic acids is 1. The van der Waals surface area contributed by atoms with Gasteiger partial charge in [-0.15, -0.1) is 0 Å². The average molecular weight is 262 g/mol. The van der Waals surface area contributed by atoms with Gasteiger partial charge in [-0.25, -0.2) is 13.1 Å². The quantitative estimate of drug-likeness (QED) is 0.692. The van der Waals surface area contributed by atoms with Gasteiger partial charge < -0.3 is 9.84 Å². The zero-order valence-electron chi connectivity index (χ0n) is 9.50. The van der Waals surface area contributed by atoms with Crippen molar-refractivity contribution < 1.29 is 23.1 Å². The highest BCUT2D eigenvalue weighted by atomic mass is 32.2. The molecule has 3 unspecified atom stereocenters. The van der Waals surface area contributed by atoms with E-state index < -0.39 is 32.7 Å². The minimum absolute atomic E-state index is 0.0137. The number of carboxylic acids is 1. The second-order valence-corrected chi connectivity index (χ2v) is 6.26. The number of carbonyl (C=O) groups is 1. The van der Waals surface area contributed by atoms with Crippen molar-refractivity contribution in [3.8, 4) is 6.07 Å². The fourth-order valence-electron chi connectivity index (χ4n) is 1.42. The fraction of sp³-hybridized carbons (Fsp3) is 0.778. The molecule has 0 aromatic carbocycles. The van der Waals surface area contributed by atoms with Crippen molar-refractivity contribution in [3.05, 3.63) is 0 Å². The first-order chi connectivity index (χ1) is 7.74. The molecule has 0 aromatic rings. The van der Waals surface area contributed by atoms with E-state index >= 15 is 0 Å². The molecule has 0 saturated carbocycles. The van der Waals surface area contributed by atoms with E-state index in [0.717, 1.165) is 0 Å².